The number of fused-ring (bicyclic) bond motifs is 3. The number of ketones is 1. The van der Waals surface area contributed by atoms with Crippen molar-refractivity contribution in [3.63, 3.8) is 0 Å². The number of para-hydroxylation sites is 1. The van der Waals surface area contributed by atoms with Crippen LogP contribution in [0.25, 0.3) is 10.9 Å². The number of amides is 1. The summed E-state index contributed by atoms with van der Waals surface area (Å²) in [4.78, 5) is 29.0. The Balaban J connectivity index is 1.09. The fourth-order valence-corrected chi connectivity index (χ4v) is 7.73. The molecule has 2 aliphatic heterocycles. The standard InChI is InChI=1S/C36H35Cl3IN3O2/c1-2-24-5-3-6-28-29(36(45)41-20-22-7-11-30(37)31(38)17-22)21-42(35(24)28)13-4-14-43-26-9-10-27(43)16-23(15-26)18-34(44)25-8-12-33(40)32(39)19-25/h3,5-9,11-12,17,19,21,23,27H,2,4,10,13-16,18,20H2,1H3,(H,41,45)/t23-,27-/m0/s1. The molecule has 0 saturated carbocycles. The van der Waals surface area contributed by atoms with Crippen molar-refractivity contribution in [2.24, 2.45) is 5.92 Å². The molecule has 0 spiro atoms. The Morgan fingerprint density at radius 1 is 1.00 bits per heavy atom. The quantitative estimate of drug-likeness (QED) is 0.122. The van der Waals surface area contributed by atoms with Gasteiger partial charge in [-0.3, -0.25) is 9.59 Å². The molecule has 234 valence electrons. The first-order valence-electron chi connectivity index (χ1n) is 15.5. The summed E-state index contributed by atoms with van der Waals surface area (Å²) in [5.41, 5.74) is 6.03. The topological polar surface area (TPSA) is 54.3 Å². The first-order chi connectivity index (χ1) is 21.7. The lowest BCUT2D eigenvalue weighted by Gasteiger charge is -2.38. The van der Waals surface area contributed by atoms with Crippen molar-refractivity contribution >= 4 is 80.0 Å². The number of rotatable bonds is 11. The second kappa shape index (κ2) is 14.1. The number of allylic oxidation sites excluding steroid dienone is 1. The van der Waals surface area contributed by atoms with E-state index in [1.54, 1.807) is 18.2 Å². The third-order valence-corrected chi connectivity index (χ3v) is 11.4. The normalized spacial score (nSPS) is 17.5. The first kappa shape index (κ1) is 32.4. The zero-order chi connectivity index (χ0) is 31.7. The number of carbonyl (C=O) groups is 2. The Labute approximate surface area is 293 Å². The fraction of sp³-hybridized carbons (Fsp3) is 0.333. The van der Waals surface area contributed by atoms with E-state index in [2.05, 4.69) is 56.4 Å². The summed E-state index contributed by atoms with van der Waals surface area (Å²) in [6, 6.07) is 17.7. The van der Waals surface area contributed by atoms with Crippen molar-refractivity contribution in [2.75, 3.05) is 6.54 Å². The van der Waals surface area contributed by atoms with Gasteiger partial charge in [0.05, 0.1) is 26.1 Å². The zero-order valence-electron chi connectivity index (χ0n) is 25.1. The van der Waals surface area contributed by atoms with Crippen LogP contribution in [-0.4, -0.2) is 33.7 Å². The number of hydrogen-bond acceptors (Lipinski definition) is 3. The van der Waals surface area contributed by atoms with Crippen molar-refractivity contribution < 1.29 is 9.59 Å². The van der Waals surface area contributed by atoms with Crippen LogP contribution in [-0.2, 0) is 19.5 Å². The molecule has 9 heteroatoms. The number of hydrogen-bond donors (Lipinski definition) is 1. The summed E-state index contributed by atoms with van der Waals surface area (Å²) in [5.74, 6) is 0.427. The van der Waals surface area contributed by atoms with Crippen LogP contribution in [0.1, 0.15) is 70.9 Å². The predicted octanol–water partition coefficient (Wildman–Crippen LogP) is 9.73. The third kappa shape index (κ3) is 7.09. The van der Waals surface area contributed by atoms with Crippen LogP contribution in [0.15, 0.2) is 72.6 Å². The van der Waals surface area contributed by atoms with Crippen LogP contribution in [0, 0.1) is 9.49 Å². The van der Waals surface area contributed by atoms with Crippen LogP contribution in [0.2, 0.25) is 15.1 Å². The number of aromatic nitrogens is 1. The van der Waals surface area contributed by atoms with Gasteiger partial charge in [-0.25, -0.2) is 0 Å². The largest absolute Gasteiger partial charge is 0.372 e. The molecule has 1 amide bonds. The van der Waals surface area contributed by atoms with Gasteiger partial charge in [0.1, 0.15) is 0 Å². The van der Waals surface area contributed by atoms with Crippen molar-refractivity contribution in [3.05, 3.63) is 113 Å². The summed E-state index contributed by atoms with van der Waals surface area (Å²) in [6.45, 7) is 4.30. The molecule has 0 aliphatic carbocycles. The smallest absolute Gasteiger partial charge is 0.253 e. The summed E-state index contributed by atoms with van der Waals surface area (Å²) in [5, 5.41) is 5.65. The molecule has 1 aromatic heterocycles. The first-order valence-corrected chi connectivity index (χ1v) is 17.7. The van der Waals surface area contributed by atoms with Gasteiger partial charge in [0.2, 0.25) is 0 Å². The van der Waals surface area contributed by atoms with Crippen LogP contribution >= 0.6 is 57.4 Å². The maximum Gasteiger partial charge on any atom is 0.253 e. The lowest BCUT2D eigenvalue weighted by molar-refractivity contribution is 0.0927. The van der Waals surface area contributed by atoms with Gasteiger partial charge in [-0.1, -0.05) is 78.1 Å². The average molecular weight is 775 g/mol. The molecule has 1 fully saturated rings. The van der Waals surface area contributed by atoms with Crippen molar-refractivity contribution in [3.8, 4) is 0 Å². The molecule has 3 heterocycles. The SMILES string of the molecule is CCc1cccc2c(C(=O)NCc3ccc(Cl)c(Cl)c3)cn(CCCN3C4=CC[C@H]3C[C@@H](CC(=O)c3ccc(I)c(Cl)c3)C4)c12. The molecule has 45 heavy (non-hydrogen) atoms. The second-order valence-electron chi connectivity index (χ2n) is 12.0. The lowest BCUT2D eigenvalue weighted by Crippen LogP contribution is -2.38. The van der Waals surface area contributed by atoms with Gasteiger partial charge in [0, 0.05) is 58.5 Å². The molecule has 1 N–H and O–H groups in total. The van der Waals surface area contributed by atoms with Gasteiger partial charge in [0.25, 0.3) is 5.91 Å². The fourth-order valence-electron chi connectivity index (χ4n) is 6.89. The van der Waals surface area contributed by atoms with Gasteiger partial charge in [-0.2, -0.15) is 0 Å². The van der Waals surface area contributed by atoms with Crippen LogP contribution in [0.4, 0.5) is 0 Å². The van der Waals surface area contributed by atoms with Gasteiger partial charge in [0.15, 0.2) is 5.78 Å². The molecule has 1 saturated heterocycles. The van der Waals surface area contributed by atoms with Crippen LogP contribution < -0.4 is 5.32 Å². The Morgan fingerprint density at radius 3 is 2.60 bits per heavy atom. The van der Waals surface area contributed by atoms with Gasteiger partial charge < -0.3 is 14.8 Å². The Bertz CT molecular complexity index is 1800. The van der Waals surface area contributed by atoms with E-state index < -0.39 is 0 Å². The van der Waals surface area contributed by atoms with E-state index in [4.69, 9.17) is 34.8 Å². The van der Waals surface area contributed by atoms with Gasteiger partial charge in [-0.05, 0) is 96.0 Å². The number of piperidine rings is 1. The minimum atomic E-state index is -0.106. The number of Topliss-reactive ketones (excluding diaryl/α,β-unsaturated/α-hetero) is 1. The molecule has 2 aliphatic rings. The number of carbonyl (C=O) groups excluding carboxylic acids is 2. The second-order valence-corrected chi connectivity index (χ2v) is 14.4. The van der Waals surface area contributed by atoms with E-state index in [1.165, 1.54) is 11.3 Å². The van der Waals surface area contributed by atoms with E-state index in [-0.39, 0.29) is 11.7 Å². The summed E-state index contributed by atoms with van der Waals surface area (Å²) in [7, 11) is 0. The predicted molar refractivity (Wildman–Crippen MR) is 193 cm³/mol. The molecule has 0 unspecified atom stereocenters. The highest BCUT2D eigenvalue weighted by Crippen LogP contribution is 2.40. The minimum absolute atomic E-state index is 0.106. The summed E-state index contributed by atoms with van der Waals surface area (Å²) >= 11 is 20.7. The molecule has 0 radical (unpaired) electrons. The van der Waals surface area contributed by atoms with E-state index >= 15 is 0 Å². The van der Waals surface area contributed by atoms with Crippen molar-refractivity contribution in [1.29, 1.82) is 0 Å². The van der Waals surface area contributed by atoms with Crippen molar-refractivity contribution in [2.45, 2.75) is 64.6 Å². The average Bonchev–Trinajstić information content (AvgIpc) is 3.52. The lowest BCUT2D eigenvalue weighted by atomic mass is 9.86. The van der Waals surface area contributed by atoms with E-state index in [0.29, 0.717) is 51.1 Å². The molecule has 2 atom stereocenters. The van der Waals surface area contributed by atoms with Gasteiger partial charge in [-0.15, -0.1) is 0 Å². The monoisotopic (exact) mass is 773 g/mol. The molecule has 6 rings (SSSR count). The molecular formula is C36H35Cl3IN3O2. The molecule has 4 aromatic rings. The summed E-state index contributed by atoms with van der Waals surface area (Å²) in [6.07, 6.45) is 9.81. The van der Waals surface area contributed by atoms with Crippen LogP contribution in [0.5, 0.6) is 0 Å². The Morgan fingerprint density at radius 2 is 1.84 bits per heavy atom. The van der Waals surface area contributed by atoms with Gasteiger partial charge >= 0.3 is 0 Å². The number of halogens is 4. The highest BCUT2D eigenvalue weighted by atomic mass is 127. The van der Waals surface area contributed by atoms with E-state index in [0.717, 1.165) is 65.2 Å². The van der Waals surface area contributed by atoms with Crippen molar-refractivity contribution in [1.82, 2.24) is 14.8 Å². The zero-order valence-corrected chi connectivity index (χ0v) is 29.5. The Kier molecular flexibility index (Phi) is 10.1. The number of aryl methyl sites for hydroxylation is 2. The molecule has 2 bridgehead atoms. The molecule has 5 nitrogen and oxygen atoms in total. The number of nitrogens with zero attached hydrogens (tertiary/aromatic N) is 2. The third-order valence-electron chi connectivity index (χ3n) is 9.10. The van der Waals surface area contributed by atoms with E-state index in [1.807, 2.05) is 36.5 Å². The maximum absolute atomic E-state index is 13.4. The Hall–Kier alpha value is -2.52. The van der Waals surface area contributed by atoms with E-state index in [9.17, 15) is 9.59 Å². The van der Waals surface area contributed by atoms with Crippen LogP contribution in [0.3, 0.4) is 0 Å². The molecule has 3 aromatic carbocycles. The highest BCUT2D eigenvalue weighted by Gasteiger charge is 2.35. The number of nitrogens with one attached hydrogen (secondary N) is 1. The maximum atomic E-state index is 13.4. The minimum Gasteiger partial charge on any atom is -0.372 e. The summed E-state index contributed by atoms with van der Waals surface area (Å²) < 4.78 is 3.22. The molecular weight excluding hydrogens is 740 g/mol. The highest BCUT2D eigenvalue weighted by molar-refractivity contribution is 14.1. The number of benzene rings is 3.